The average Bonchev–Trinajstić information content (AvgIpc) is 3.17. The molecule has 0 aliphatic heterocycles. The van der Waals surface area contributed by atoms with Gasteiger partial charge in [0, 0.05) is 18.4 Å². The number of aromatic nitrogens is 4. The summed E-state index contributed by atoms with van der Waals surface area (Å²) in [5, 5.41) is 5.36. The maximum Gasteiger partial charge on any atom is 0.253 e. The SMILES string of the molecule is Cc1cccc(CSc2nc3ncc4c(n3n2)CC(c2ccccc2)CC4=O)c1. The lowest BCUT2D eigenvalue weighted by atomic mass is 9.82. The molecule has 0 fully saturated rings. The summed E-state index contributed by atoms with van der Waals surface area (Å²) in [6.07, 6.45) is 2.93. The van der Waals surface area contributed by atoms with Crippen molar-refractivity contribution in [1.29, 1.82) is 0 Å². The molecule has 1 unspecified atom stereocenters. The third-order valence-electron chi connectivity index (χ3n) is 5.34. The zero-order valence-corrected chi connectivity index (χ0v) is 16.9. The Morgan fingerprint density at radius 2 is 1.97 bits per heavy atom. The second-order valence-electron chi connectivity index (χ2n) is 7.44. The summed E-state index contributed by atoms with van der Waals surface area (Å²) in [7, 11) is 0. The van der Waals surface area contributed by atoms with Crippen molar-refractivity contribution >= 4 is 23.3 Å². The standard InChI is InChI=1S/C23H20N4OS/c1-15-6-5-7-16(10-15)14-29-23-25-22-24-13-19-20(27(22)26-23)11-18(12-21(19)28)17-8-3-2-4-9-17/h2-10,13,18H,11-12,14H2,1H3. The minimum Gasteiger partial charge on any atom is -0.294 e. The maximum absolute atomic E-state index is 12.8. The molecule has 1 atom stereocenters. The number of thioether (sulfide) groups is 1. The van der Waals surface area contributed by atoms with E-state index in [1.807, 2.05) is 18.2 Å². The van der Waals surface area contributed by atoms with Gasteiger partial charge in [-0.25, -0.2) is 4.98 Å². The number of nitrogens with zero attached hydrogens (tertiary/aromatic N) is 4. The van der Waals surface area contributed by atoms with Crippen LogP contribution in [0.25, 0.3) is 5.78 Å². The van der Waals surface area contributed by atoms with Gasteiger partial charge in [-0.15, -0.1) is 5.10 Å². The highest BCUT2D eigenvalue weighted by Gasteiger charge is 2.29. The number of rotatable bonds is 4. The van der Waals surface area contributed by atoms with Crippen molar-refractivity contribution in [2.24, 2.45) is 0 Å². The van der Waals surface area contributed by atoms with Gasteiger partial charge in [0.15, 0.2) is 5.78 Å². The number of carbonyl (C=O) groups excluding carboxylic acids is 1. The summed E-state index contributed by atoms with van der Waals surface area (Å²) in [6, 6.07) is 18.7. The van der Waals surface area contributed by atoms with Crippen LogP contribution in [0.5, 0.6) is 0 Å². The van der Waals surface area contributed by atoms with Crippen molar-refractivity contribution in [3.05, 3.63) is 88.7 Å². The highest BCUT2D eigenvalue weighted by Crippen LogP contribution is 2.32. The molecule has 0 saturated heterocycles. The van der Waals surface area contributed by atoms with Crippen LogP contribution in [0.4, 0.5) is 0 Å². The van der Waals surface area contributed by atoms with Crippen molar-refractivity contribution in [1.82, 2.24) is 19.6 Å². The Bertz CT molecular complexity index is 1200. The molecule has 0 amide bonds. The van der Waals surface area contributed by atoms with Crippen LogP contribution in [-0.4, -0.2) is 25.4 Å². The van der Waals surface area contributed by atoms with Crippen LogP contribution >= 0.6 is 11.8 Å². The van der Waals surface area contributed by atoms with Gasteiger partial charge in [-0.1, -0.05) is 71.9 Å². The first kappa shape index (κ1) is 18.1. The maximum atomic E-state index is 12.8. The van der Waals surface area contributed by atoms with Crippen molar-refractivity contribution in [2.45, 2.75) is 36.6 Å². The van der Waals surface area contributed by atoms with E-state index in [4.69, 9.17) is 0 Å². The molecule has 29 heavy (non-hydrogen) atoms. The predicted molar refractivity (Wildman–Crippen MR) is 113 cm³/mol. The molecule has 1 aliphatic carbocycles. The second kappa shape index (κ2) is 7.44. The van der Waals surface area contributed by atoms with E-state index in [2.05, 4.69) is 58.4 Å². The van der Waals surface area contributed by atoms with E-state index in [9.17, 15) is 4.79 Å². The smallest absolute Gasteiger partial charge is 0.253 e. The van der Waals surface area contributed by atoms with Crippen LogP contribution < -0.4 is 0 Å². The van der Waals surface area contributed by atoms with E-state index in [1.54, 1.807) is 22.5 Å². The molecule has 2 aromatic carbocycles. The zero-order valence-electron chi connectivity index (χ0n) is 16.1. The molecule has 6 heteroatoms. The van der Waals surface area contributed by atoms with Gasteiger partial charge in [0.05, 0.1) is 11.3 Å². The third kappa shape index (κ3) is 3.56. The predicted octanol–water partition coefficient (Wildman–Crippen LogP) is 4.64. The quantitative estimate of drug-likeness (QED) is 0.467. The van der Waals surface area contributed by atoms with Gasteiger partial charge in [0.1, 0.15) is 0 Å². The number of fused-ring (bicyclic) bond motifs is 3. The van der Waals surface area contributed by atoms with E-state index in [1.165, 1.54) is 16.7 Å². The normalized spacial score (nSPS) is 16.2. The molecule has 0 bridgehead atoms. The van der Waals surface area contributed by atoms with Gasteiger partial charge < -0.3 is 0 Å². The zero-order chi connectivity index (χ0) is 19.8. The number of hydrogen-bond acceptors (Lipinski definition) is 5. The molecule has 1 aliphatic rings. The first-order chi connectivity index (χ1) is 14.2. The van der Waals surface area contributed by atoms with Crippen molar-refractivity contribution in [2.75, 3.05) is 0 Å². The third-order valence-corrected chi connectivity index (χ3v) is 6.25. The fourth-order valence-corrected chi connectivity index (χ4v) is 4.66. The molecular weight excluding hydrogens is 380 g/mol. The lowest BCUT2D eigenvalue weighted by Crippen LogP contribution is -2.22. The Morgan fingerprint density at radius 3 is 2.79 bits per heavy atom. The average molecular weight is 401 g/mol. The van der Waals surface area contributed by atoms with E-state index >= 15 is 0 Å². The van der Waals surface area contributed by atoms with Crippen LogP contribution in [0.1, 0.15) is 45.1 Å². The summed E-state index contributed by atoms with van der Waals surface area (Å²) in [5.74, 6) is 1.64. The van der Waals surface area contributed by atoms with Crippen molar-refractivity contribution in [3.63, 3.8) is 0 Å². The van der Waals surface area contributed by atoms with E-state index in [0.717, 1.165) is 17.9 Å². The summed E-state index contributed by atoms with van der Waals surface area (Å²) < 4.78 is 1.76. The largest absolute Gasteiger partial charge is 0.294 e. The minimum absolute atomic E-state index is 0.124. The van der Waals surface area contributed by atoms with Gasteiger partial charge in [-0.2, -0.15) is 9.50 Å². The fraction of sp³-hybridized carbons (Fsp3) is 0.217. The van der Waals surface area contributed by atoms with Crippen LogP contribution in [0.2, 0.25) is 0 Å². The molecule has 4 aromatic rings. The first-order valence-electron chi connectivity index (χ1n) is 9.68. The summed E-state index contributed by atoms with van der Waals surface area (Å²) >= 11 is 1.59. The van der Waals surface area contributed by atoms with Gasteiger partial charge in [-0.05, 0) is 30.4 Å². The van der Waals surface area contributed by atoms with Crippen LogP contribution in [-0.2, 0) is 12.2 Å². The number of aryl methyl sites for hydroxylation is 1. The molecule has 2 aromatic heterocycles. The Hall–Kier alpha value is -2.99. The van der Waals surface area contributed by atoms with Crippen molar-refractivity contribution in [3.8, 4) is 0 Å². The van der Waals surface area contributed by atoms with E-state index in [0.29, 0.717) is 22.9 Å². The topological polar surface area (TPSA) is 60.1 Å². The molecule has 0 radical (unpaired) electrons. The second-order valence-corrected chi connectivity index (χ2v) is 8.38. The monoisotopic (exact) mass is 400 g/mol. The number of hydrogen-bond donors (Lipinski definition) is 0. The summed E-state index contributed by atoms with van der Waals surface area (Å²) in [6.45, 7) is 2.09. The summed E-state index contributed by atoms with van der Waals surface area (Å²) in [5.41, 5.74) is 5.25. The Kier molecular flexibility index (Phi) is 4.64. The van der Waals surface area contributed by atoms with Crippen LogP contribution in [0.3, 0.4) is 0 Å². The van der Waals surface area contributed by atoms with E-state index < -0.39 is 0 Å². The number of ketones is 1. The fourth-order valence-electron chi connectivity index (χ4n) is 3.90. The summed E-state index contributed by atoms with van der Waals surface area (Å²) in [4.78, 5) is 21.7. The van der Waals surface area contributed by atoms with Gasteiger partial charge in [0.25, 0.3) is 5.78 Å². The van der Waals surface area contributed by atoms with Crippen molar-refractivity contribution < 1.29 is 4.79 Å². The molecule has 2 heterocycles. The van der Waals surface area contributed by atoms with Crippen LogP contribution in [0.15, 0.2) is 66.0 Å². The molecule has 0 N–H and O–H groups in total. The Balaban J connectivity index is 1.46. The lowest BCUT2D eigenvalue weighted by molar-refractivity contribution is 0.0962. The molecule has 5 nitrogen and oxygen atoms in total. The van der Waals surface area contributed by atoms with E-state index in [-0.39, 0.29) is 11.7 Å². The highest BCUT2D eigenvalue weighted by molar-refractivity contribution is 7.98. The first-order valence-corrected chi connectivity index (χ1v) is 10.7. The molecule has 0 saturated carbocycles. The number of carbonyl (C=O) groups is 1. The number of benzene rings is 2. The van der Waals surface area contributed by atoms with Gasteiger partial charge >= 0.3 is 0 Å². The molecule has 5 rings (SSSR count). The van der Waals surface area contributed by atoms with Crippen LogP contribution in [0, 0.1) is 6.92 Å². The lowest BCUT2D eigenvalue weighted by Gasteiger charge is -2.23. The molecule has 144 valence electrons. The number of Topliss-reactive ketones (excluding diaryl/α,β-unsaturated/α-hetero) is 1. The van der Waals surface area contributed by atoms with Gasteiger partial charge in [-0.3, -0.25) is 4.79 Å². The molecular formula is C23H20N4OS. The minimum atomic E-state index is 0.124. The Labute approximate surface area is 173 Å². The Morgan fingerprint density at radius 1 is 1.10 bits per heavy atom. The highest BCUT2D eigenvalue weighted by atomic mass is 32.2. The molecule has 0 spiro atoms. The van der Waals surface area contributed by atoms with Gasteiger partial charge in [0.2, 0.25) is 5.16 Å².